The smallest absolute Gasteiger partial charge is 0.119 e. The van der Waals surface area contributed by atoms with Gasteiger partial charge in [-0.05, 0) is 59.7 Å². The minimum Gasteiger partial charge on any atom is -0.494 e. The SMILES string of the molecule is CCCCCCCCCCCCCCCOC(C)c1ccc(-c2ccccc2-c2ccc(OCCCCCCCCCCC)cc2)cc1. The van der Waals surface area contributed by atoms with Gasteiger partial charge in [0.25, 0.3) is 0 Å². The number of hydrogen-bond donors (Lipinski definition) is 0. The van der Waals surface area contributed by atoms with Crippen molar-refractivity contribution in [2.24, 2.45) is 0 Å². The van der Waals surface area contributed by atoms with Gasteiger partial charge in [0.15, 0.2) is 0 Å². The molecule has 3 rings (SSSR count). The molecule has 0 aliphatic rings. The van der Waals surface area contributed by atoms with Gasteiger partial charge >= 0.3 is 0 Å². The molecule has 0 saturated heterocycles. The van der Waals surface area contributed by atoms with Crippen molar-refractivity contribution in [2.45, 2.75) is 168 Å². The van der Waals surface area contributed by atoms with Crippen LogP contribution in [0.2, 0.25) is 0 Å². The molecule has 2 heteroatoms. The van der Waals surface area contributed by atoms with Gasteiger partial charge in [-0.2, -0.15) is 0 Å². The maximum atomic E-state index is 6.23. The first-order valence-electron chi connectivity index (χ1n) is 20.3. The molecule has 1 atom stereocenters. The van der Waals surface area contributed by atoms with Crippen molar-refractivity contribution in [1.82, 2.24) is 0 Å². The largest absolute Gasteiger partial charge is 0.494 e. The summed E-state index contributed by atoms with van der Waals surface area (Å²) in [5, 5.41) is 0. The van der Waals surface area contributed by atoms with Crippen LogP contribution >= 0.6 is 0 Å². The first-order valence-corrected chi connectivity index (χ1v) is 20.3. The second kappa shape index (κ2) is 26.3. The Morgan fingerprint density at radius 2 is 0.792 bits per heavy atom. The highest BCUT2D eigenvalue weighted by Gasteiger charge is 2.10. The van der Waals surface area contributed by atoms with E-state index in [0.717, 1.165) is 31.8 Å². The van der Waals surface area contributed by atoms with E-state index in [4.69, 9.17) is 9.47 Å². The maximum absolute atomic E-state index is 6.23. The van der Waals surface area contributed by atoms with Gasteiger partial charge in [0.2, 0.25) is 0 Å². The molecule has 0 fully saturated rings. The van der Waals surface area contributed by atoms with Crippen LogP contribution in [0.15, 0.2) is 72.8 Å². The number of rotatable bonds is 29. The molecule has 3 aromatic carbocycles. The normalized spacial score (nSPS) is 12.0. The lowest BCUT2D eigenvalue weighted by molar-refractivity contribution is 0.0627. The topological polar surface area (TPSA) is 18.5 Å². The van der Waals surface area contributed by atoms with Crippen LogP contribution in [0.3, 0.4) is 0 Å². The lowest BCUT2D eigenvalue weighted by Crippen LogP contribution is -2.02. The Morgan fingerprint density at radius 1 is 0.417 bits per heavy atom. The minimum absolute atomic E-state index is 0.120. The molecule has 0 N–H and O–H groups in total. The third-order valence-electron chi connectivity index (χ3n) is 9.92. The summed E-state index contributed by atoms with van der Waals surface area (Å²) in [4.78, 5) is 0. The molecule has 0 saturated carbocycles. The summed E-state index contributed by atoms with van der Waals surface area (Å²) in [5.41, 5.74) is 6.22. The Hall–Kier alpha value is -2.58. The van der Waals surface area contributed by atoms with Gasteiger partial charge in [-0.15, -0.1) is 0 Å². The molecule has 0 heterocycles. The molecule has 3 aromatic rings. The first-order chi connectivity index (χ1) is 23.7. The second-order valence-electron chi connectivity index (χ2n) is 14.1. The summed E-state index contributed by atoms with van der Waals surface area (Å²) in [6.07, 6.45) is 30.1. The maximum Gasteiger partial charge on any atom is 0.119 e. The van der Waals surface area contributed by atoms with Crippen LogP contribution in [0.4, 0.5) is 0 Å². The third kappa shape index (κ3) is 16.7. The van der Waals surface area contributed by atoms with Crippen molar-refractivity contribution in [3.63, 3.8) is 0 Å². The third-order valence-corrected chi connectivity index (χ3v) is 9.92. The van der Waals surface area contributed by atoms with Crippen molar-refractivity contribution in [2.75, 3.05) is 13.2 Å². The molecule has 1 unspecified atom stereocenters. The van der Waals surface area contributed by atoms with E-state index < -0.39 is 0 Å². The van der Waals surface area contributed by atoms with Crippen LogP contribution < -0.4 is 4.74 Å². The van der Waals surface area contributed by atoms with E-state index in [0.29, 0.717) is 0 Å². The Morgan fingerprint density at radius 3 is 1.23 bits per heavy atom. The average molecular weight is 655 g/mol. The molecule has 0 radical (unpaired) electrons. The Kier molecular flexibility index (Phi) is 21.8. The van der Waals surface area contributed by atoms with E-state index in [-0.39, 0.29) is 6.10 Å². The average Bonchev–Trinajstić information content (AvgIpc) is 3.13. The molecule has 48 heavy (non-hydrogen) atoms. The minimum atomic E-state index is 0.120. The second-order valence-corrected chi connectivity index (χ2v) is 14.1. The quantitative estimate of drug-likeness (QED) is 0.0694. The molecule has 0 spiro atoms. The fourth-order valence-corrected chi connectivity index (χ4v) is 6.73. The molecule has 266 valence electrons. The first kappa shape index (κ1) is 39.9. The molecular weight excluding hydrogens is 585 g/mol. The van der Waals surface area contributed by atoms with Crippen LogP contribution in [0.25, 0.3) is 22.3 Å². The summed E-state index contributed by atoms with van der Waals surface area (Å²) in [7, 11) is 0. The van der Waals surface area contributed by atoms with Gasteiger partial charge in [-0.25, -0.2) is 0 Å². The zero-order valence-electron chi connectivity index (χ0n) is 31.3. The van der Waals surface area contributed by atoms with Crippen LogP contribution in [0, 0.1) is 0 Å². The highest BCUT2D eigenvalue weighted by Crippen LogP contribution is 2.34. The summed E-state index contributed by atoms with van der Waals surface area (Å²) in [6.45, 7) is 8.41. The van der Waals surface area contributed by atoms with E-state index in [1.807, 2.05) is 0 Å². The molecule has 0 aromatic heterocycles. The van der Waals surface area contributed by atoms with Gasteiger partial charge in [-0.3, -0.25) is 0 Å². The van der Waals surface area contributed by atoms with Gasteiger partial charge in [0, 0.05) is 6.61 Å². The molecule has 0 amide bonds. The van der Waals surface area contributed by atoms with E-state index in [1.54, 1.807) is 0 Å². The number of benzene rings is 3. The van der Waals surface area contributed by atoms with E-state index >= 15 is 0 Å². The van der Waals surface area contributed by atoms with Gasteiger partial charge in [-0.1, -0.05) is 203 Å². The van der Waals surface area contributed by atoms with Crippen LogP contribution in [0.1, 0.15) is 174 Å². The molecule has 0 aliphatic carbocycles. The Labute approximate surface area is 296 Å². The Balaban J connectivity index is 1.33. The summed E-state index contributed by atoms with van der Waals surface area (Å²) in [5.74, 6) is 0.966. The van der Waals surface area contributed by atoms with Crippen LogP contribution in [-0.2, 0) is 4.74 Å². The molecule has 2 nitrogen and oxygen atoms in total. The lowest BCUT2D eigenvalue weighted by Gasteiger charge is -2.15. The summed E-state index contributed by atoms with van der Waals surface area (Å²) in [6, 6.07) is 26.4. The zero-order valence-corrected chi connectivity index (χ0v) is 31.3. The van der Waals surface area contributed by atoms with Gasteiger partial charge in [0.05, 0.1) is 12.7 Å². The Bertz CT molecular complexity index is 1170. The molecule has 0 aliphatic heterocycles. The van der Waals surface area contributed by atoms with Gasteiger partial charge < -0.3 is 9.47 Å². The molecule has 0 bridgehead atoms. The van der Waals surface area contributed by atoms with Crippen LogP contribution in [-0.4, -0.2) is 13.2 Å². The zero-order chi connectivity index (χ0) is 33.9. The van der Waals surface area contributed by atoms with Crippen molar-refractivity contribution in [1.29, 1.82) is 0 Å². The van der Waals surface area contributed by atoms with E-state index in [9.17, 15) is 0 Å². The number of unbranched alkanes of at least 4 members (excludes halogenated alkanes) is 20. The summed E-state index contributed by atoms with van der Waals surface area (Å²) < 4.78 is 12.3. The van der Waals surface area contributed by atoms with Crippen molar-refractivity contribution in [3.05, 3.63) is 78.4 Å². The fraction of sp³-hybridized carbons (Fsp3) is 0.609. The van der Waals surface area contributed by atoms with Crippen molar-refractivity contribution in [3.8, 4) is 28.0 Å². The highest BCUT2D eigenvalue weighted by atomic mass is 16.5. The highest BCUT2D eigenvalue weighted by molar-refractivity contribution is 5.83. The monoisotopic (exact) mass is 655 g/mol. The molecular formula is C46H70O2. The van der Waals surface area contributed by atoms with Crippen molar-refractivity contribution < 1.29 is 9.47 Å². The van der Waals surface area contributed by atoms with Crippen molar-refractivity contribution >= 4 is 0 Å². The van der Waals surface area contributed by atoms with Gasteiger partial charge in [0.1, 0.15) is 5.75 Å². The fourth-order valence-electron chi connectivity index (χ4n) is 6.73. The number of ether oxygens (including phenoxy) is 2. The van der Waals surface area contributed by atoms with Crippen LogP contribution in [0.5, 0.6) is 5.75 Å². The standard InChI is InChI=1S/C46H70O2/c1-4-6-8-10-12-14-15-16-17-19-20-22-26-38-47-40(3)41-30-32-42(33-31-41)45-28-24-25-29-46(45)43-34-36-44(37-35-43)48-39-27-23-21-18-13-11-9-7-5-2/h24-25,28-37,40H,4-23,26-27,38-39H2,1-3H3. The summed E-state index contributed by atoms with van der Waals surface area (Å²) >= 11 is 0. The van der Waals surface area contributed by atoms with E-state index in [1.165, 1.54) is 156 Å². The predicted octanol–water partition coefficient (Wildman–Crippen LogP) is 15.1. The lowest BCUT2D eigenvalue weighted by atomic mass is 9.94. The van der Waals surface area contributed by atoms with E-state index in [2.05, 4.69) is 93.6 Å². The number of hydrogen-bond acceptors (Lipinski definition) is 2. The predicted molar refractivity (Wildman–Crippen MR) is 210 cm³/mol.